The highest BCUT2D eigenvalue weighted by molar-refractivity contribution is 5.69. The molecule has 0 radical (unpaired) electrons. The number of aryl methyl sites for hydroxylation is 1. The van der Waals surface area contributed by atoms with Gasteiger partial charge in [-0.3, -0.25) is 4.68 Å². The lowest BCUT2D eigenvalue weighted by Crippen LogP contribution is -2.40. The van der Waals surface area contributed by atoms with E-state index in [-0.39, 0.29) is 6.10 Å². The molecule has 0 saturated heterocycles. The molecule has 2 N–H and O–H groups in total. The van der Waals surface area contributed by atoms with Crippen LogP contribution in [-0.4, -0.2) is 52.6 Å². The summed E-state index contributed by atoms with van der Waals surface area (Å²) < 4.78 is 13.0. The van der Waals surface area contributed by atoms with Gasteiger partial charge in [0, 0.05) is 55.9 Å². The van der Waals surface area contributed by atoms with Crippen molar-refractivity contribution >= 4 is 5.69 Å². The van der Waals surface area contributed by atoms with Gasteiger partial charge >= 0.3 is 0 Å². The second kappa shape index (κ2) is 8.48. The Labute approximate surface area is 170 Å². The average molecular weight is 394 g/mol. The van der Waals surface area contributed by atoms with Gasteiger partial charge in [-0.25, -0.2) is 9.97 Å². The van der Waals surface area contributed by atoms with E-state index in [1.165, 1.54) is 5.56 Å². The number of ether oxygens (including phenoxy) is 2. The van der Waals surface area contributed by atoms with Gasteiger partial charge in [-0.2, -0.15) is 5.10 Å². The first-order valence-electron chi connectivity index (χ1n) is 9.72. The Kier molecular flexibility index (Phi) is 5.62. The molecule has 0 amide bonds. The summed E-state index contributed by atoms with van der Waals surface area (Å²) in [5.74, 6) is 1.62. The molecule has 0 bridgehead atoms. The van der Waals surface area contributed by atoms with Crippen LogP contribution >= 0.6 is 0 Å². The number of pyridine rings is 2. The van der Waals surface area contributed by atoms with E-state index in [2.05, 4.69) is 44.8 Å². The van der Waals surface area contributed by atoms with Gasteiger partial charge in [-0.05, 0) is 17.5 Å². The molecule has 8 heteroatoms. The molecule has 29 heavy (non-hydrogen) atoms. The minimum absolute atomic E-state index is 0.0282. The molecular formula is C21H26N6O2. The van der Waals surface area contributed by atoms with Crippen molar-refractivity contribution in [1.82, 2.24) is 25.1 Å². The number of aromatic nitrogens is 4. The summed E-state index contributed by atoms with van der Waals surface area (Å²) in [5.41, 5.74) is 4.15. The number of fused-ring (bicyclic) bond motifs is 1. The molecule has 4 heterocycles. The number of rotatable bonds is 7. The van der Waals surface area contributed by atoms with Crippen LogP contribution in [0, 0.1) is 0 Å². The zero-order valence-electron chi connectivity index (χ0n) is 16.9. The lowest BCUT2D eigenvalue weighted by Gasteiger charge is -2.27. The number of methoxy groups -OCH3 is 1. The third-order valence-electron chi connectivity index (χ3n) is 5.05. The number of nitrogens with zero attached hydrogens (tertiary/aromatic N) is 4. The summed E-state index contributed by atoms with van der Waals surface area (Å²) in [6.45, 7) is 4.49. The van der Waals surface area contributed by atoms with Gasteiger partial charge in [-0.1, -0.05) is 13.0 Å². The van der Waals surface area contributed by atoms with Crippen molar-refractivity contribution < 1.29 is 9.47 Å². The van der Waals surface area contributed by atoms with Crippen LogP contribution in [0.4, 0.5) is 5.69 Å². The molecule has 0 saturated carbocycles. The lowest BCUT2D eigenvalue weighted by molar-refractivity contribution is 0.193. The smallest absolute Gasteiger partial charge is 0.237 e. The van der Waals surface area contributed by atoms with E-state index in [9.17, 15) is 0 Å². The van der Waals surface area contributed by atoms with Crippen LogP contribution in [0.2, 0.25) is 0 Å². The summed E-state index contributed by atoms with van der Waals surface area (Å²) >= 11 is 0. The van der Waals surface area contributed by atoms with E-state index in [1.807, 2.05) is 37.9 Å². The number of anilines is 1. The van der Waals surface area contributed by atoms with Crippen LogP contribution in [0.5, 0.6) is 11.8 Å². The highest BCUT2D eigenvalue weighted by Crippen LogP contribution is 2.31. The first-order chi connectivity index (χ1) is 14.1. The van der Waals surface area contributed by atoms with Crippen LogP contribution < -0.4 is 20.1 Å². The Hall–Kier alpha value is -3.13. The fourth-order valence-corrected chi connectivity index (χ4v) is 3.32. The first kappa shape index (κ1) is 19.2. The van der Waals surface area contributed by atoms with Gasteiger partial charge in [0.25, 0.3) is 0 Å². The van der Waals surface area contributed by atoms with Gasteiger partial charge in [0.05, 0.1) is 25.5 Å². The molecule has 2 atom stereocenters. The minimum Gasteiger partial charge on any atom is -0.481 e. The normalized spacial score (nSPS) is 16.4. The van der Waals surface area contributed by atoms with Crippen molar-refractivity contribution in [3.8, 4) is 22.9 Å². The molecule has 1 aliphatic rings. The highest BCUT2D eigenvalue weighted by Gasteiger charge is 2.21. The van der Waals surface area contributed by atoms with E-state index in [1.54, 1.807) is 11.8 Å². The SMILES string of the molecule is COc1ccc(C(C)CNCC2CNc3cc(-c4cnn(C)c4)cnc3O2)cn1. The largest absolute Gasteiger partial charge is 0.481 e. The monoisotopic (exact) mass is 394 g/mol. The van der Waals surface area contributed by atoms with Gasteiger partial charge in [0.1, 0.15) is 6.10 Å². The predicted molar refractivity (Wildman–Crippen MR) is 111 cm³/mol. The van der Waals surface area contributed by atoms with Crippen LogP contribution in [0.1, 0.15) is 18.4 Å². The Morgan fingerprint density at radius 1 is 1.28 bits per heavy atom. The standard InChI is InChI=1S/C21H26N6O2/c1-14(15-4-5-20(28-3)24-8-15)7-22-11-18-12-23-19-6-16(9-25-21(19)29-18)17-10-26-27(2)13-17/h4-6,8-10,13-14,18,22-23H,7,11-12H2,1-3H3. The molecule has 0 fully saturated rings. The first-order valence-corrected chi connectivity index (χ1v) is 9.72. The average Bonchev–Trinajstić information content (AvgIpc) is 3.19. The Morgan fingerprint density at radius 2 is 2.17 bits per heavy atom. The van der Waals surface area contributed by atoms with E-state index in [0.29, 0.717) is 17.7 Å². The summed E-state index contributed by atoms with van der Waals surface area (Å²) in [6, 6.07) is 6.00. The van der Waals surface area contributed by atoms with Crippen LogP contribution in [0.3, 0.4) is 0 Å². The van der Waals surface area contributed by atoms with Gasteiger partial charge in [0.2, 0.25) is 11.8 Å². The fourth-order valence-electron chi connectivity index (χ4n) is 3.32. The van der Waals surface area contributed by atoms with Crippen molar-refractivity contribution in [2.24, 2.45) is 7.05 Å². The van der Waals surface area contributed by atoms with Crippen molar-refractivity contribution in [3.63, 3.8) is 0 Å². The van der Waals surface area contributed by atoms with Crippen molar-refractivity contribution in [2.45, 2.75) is 18.9 Å². The van der Waals surface area contributed by atoms with E-state index >= 15 is 0 Å². The number of nitrogens with one attached hydrogen (secondary N) is 2. The zero-order chi connectivity index (χ0) is 20.2. The Morgan fingerprint density at radius 3 is 2.90 bits per heavy atom. The van der Waals surface area contributed by atoms with Crippen LogP contribution in [-0.2, 0) is 7.05 Å². The highest BCUT2D eigenvalue weighted by atomic mass is 16.5. The van der Waals surface area contributed by atoms with E-state index < -0.39 is 0 Å². The number of hydrogen-bond donors (Lipinski definition) is 2. The van der Waals surface area contributed by atoms with Crippen LogP contribution in [0.25, 0.3) is 11.1 Å². The molecule has 0 spiro atoms. The van der Waals surface area contributed by atoms with Crippen LogP contribution in [0.15, 0.2) is 43.0 Å². The van der Waals surface area contributed by atoms with E-state index in [0.717, 1.165) is 36.4 Å². The third-order valence-corrected chi connectivity index (χ3v) is 5.05. The van der Waals surface area contributed by atoms with Gasteiger partial charge in [-0.15, -0.1) is 0 Å². The quantitative estimate of drug-likeness (QED) is 0.637. The molecule has 0 aliphatic carbocycles. The second-order valence-electron chi connectivity index (χ2n) is 7.29. The molecule has 8 nitrogen and oxygen atoms in total. The summed E-state index contributed by atoms with van der Waals surface area (Å²) in [5, 5.41) is 11.1. The Bertz CT molecular complexity index is 956. The molecule has 3 aromatic rings. The molecule has 3 aromatic heterocycles. The summed E-state index contributed by atoms with van der Waals surface area (Å²) in [7, 11) is 3.53. The molecule has 4 rings (SSSR count). The maximum absolute atomic E-state index is 6.06. The lowest BCUT2D eigenvalue weighted by atomic mass is 10.0. The van der Waals surface area contributed by atoms with E-state index in [4.69, 9.17) is 9.47 Å². The maximum Gasteiger partial charge on any atom is 0.237 e. The Balaban J connectivity index is 1.29. The summed E-state index contributed by atoms with van der Waals surface area (Å²) in [6.07, 6.45) is 7.52. The van der Waals surface area contributed by atoms with Crippen molar-refractivity contribution in [2.75, 3.05) is 32.1 Å². The van der Waals surface area contributed by atoms with Crippen molar-refractivity contribution in [1.29, 1.82) is 0 Å². The predicted octanol–water partition coefficient (Wildman–Crippen LogP) is 2.45. The summed E-state index contributed by atoms with van der Waals surface area (Å²) in [4.78, 5) is 8.77. The van der Waals surface area contributed by atoms with Crippen molar-refractivity contribution in [3.05, 3.63) is 48.5 Å². The molecule has 0 aromatic carbocycles. The minimum atomic E-state index is 0.0282. The second-order valence-corrected chi connectivity index (χ2v) is 7.29. The number of hydrogen-bond acceptors (Lipinski definition) is 7. The molecule has 152 valence electrons. The molecule has 1 aliphatic heterocycles. The topological polar surface area (TPSA) is 86.1 Å². The fraction of sp³-hybridized carbons (Fsp3) is 0.381. The third kappa shape index (κ3) is 4.48. The maximum atomic E-state index is 6.06. The molecular weight excluding hydrogens is 368 g/mol. The zero-order valence-corrected chi connectivity index (χ0v) is 16.9. The molecule has 2 unspecified atom stereocenters. The van der Waals surface area contributed by atoms with Gasteiger partial charge < -0.3 is 20.1 Å². The van der Waals surface area contributed by atoms with Gasteiger partial charge in [0.15, 0.2) is 0 Å².